The average molecular weight is 296 g/mol. The Kier molecular flexibility index (Phi) is 3.64. The van der Waals surface area contributed by atoms with Crippen LogP contribution in [0.25, 0.3) is 0 Å². The van der Waals surface area contributed by atoms with Crippen LogP contribution in [0.2, 0.25) is 0 Å². The lowest BCUT2D eigenvalue weighted by molar-refractivity contribution is 0.475. The average Bonchev–Trinajstić information content (AvgIpc) is 2.31. The molecular formula is C13H11BrFNO. The van der Waals surface area contributed by atoms with Crippen molar-refractivity contribution >= 4 is 21.6 Å². The molecule has 2 nitrogen and oxygen atoms in total. The molecule has 0 aliphatic rings. The lowest BCUT2D eigenvalue weighted by atomic mass is 10.2. The molecule has 0 aliphatic heterocycles. The lowest BCUT2D eigenvalue weighted by Gasteiger charge is -2.07. The van der Waals surface area contributed by atoms with Crippen LogP contribution in [-0.4, -0.2) is 5.11 Å². The van der Waals surface area contributed by atoms with Crippen LogP contribution in [0.1, 0.15) is 5.56 Å². The van der Waals surface area contributed by atoms with E-state index in [-0.39, 0.29) is 11.6 Å². The highest BCUT2D eigenvalue weighted by Gasteiger charge is 2.00. The maximum absolute atomic E-state index is 13.0. The van der Waals surface area contributed by atoms with Crippen molar-refractivity contribution in [1.82, 2.24) is 0 Å². The van der Waals surface area contributed by atoms with Crippen LogP contribution >= 0.6 is 15.9 Å². The van der Waals surface area contributed by atoms with Gasteiger partial charge in [-0.1, -0.05) is 12.1 Å². The minimum atomic E-state index is -0.272. The quantitative estimate of drug-likeness (QED) is 0.900. The number of phenolic OH excluding ortho intramolecular Hbond substituents is 1. The molecule has 2 aromatic carbocycles. The summed E-state index contributed by atoms with van der Waals surface area (Å²) in [5.74, 6) is -0.0543. The van der Waals surface area contributed by atoms with Gasteiger partial charge in [-0.25, -0.2) is 4.39 Å². The number of hydrogen-bond acceptors (Lipinski definition) is 2. The first-order valence-corrected chi connectivity index (χ1v) is 5.91. The summed E-state index contributed by atoms with van der Waals surface area (Å²) in [4.78, 5) is 0. The van der Waals surface area contributed by atoms with Gasteiger partial charge in [-0.05, 0) is 45.8 Å². The first-order valence-electron chi connectivity index (χ1n) is 5.12. The zero-order valence-electron chi connectivity index (χ0n) is 8.95. The molecule has 88 valence electrons. The van der Waals surface area contributed by atoms with Gasteiger partial charge in [0.15, 0.2) is 0 Å². The van der Waals surface area contributed by atoms with E-state index in [1.54, 1.807) is 30.3 Å². The molecule has 0 unspecified atom stereocenters. The summed E-state index contributed by atoms with van der Waals surface area (Å²) < 4.78 is 13.5. The highest BCUT2D eigenvalue weighted by Crippen LogP contribution is 2.19. The molecule has 0 aliphatic carbocycles. The third-order valence-electron chi connectivity index (χ3n) is 2.33. The summed E-state index contributed by atoms with van der Waals surface area (Å²) in [6, 6.07) is 11.7. The maximum atomic E-state index is 13.0. The molecular weight excluding hydrogens is 285 g/mol. The number of nitrogens with one attached hydrogen (secondary N) is 1. The first kappa shape index (κ1) is 11.9. The second-order valence-electron chi connectivity index (χ2n) is 3.65. The molecule has 2 N–H and O–H groups in total. The number of rotatable bonds is 3. The van der Waals surface area contributed by atoms with Gasteiger partial charge in [0.1, 0.15) is 11.6 Å². The first-order chi connectivity index (χ1) is 8.15. The lowest BCUT2D eigenvalue weighted by Crippen LogP contribution is -1.99. The Balaban J connectivity index is 2.05. The Bertz CT molecular complexity index is 531. The molecule has 0 saturated carbocycles. The molecule has 0 bridgehead atoms. The molecule has 2 aromatic rings. The van der Waals surface area contributed by atoms with E-state index >= 15 is 0 Å². The Morgan fingerprint density at radius 2 is 2.00 bits per heavy atom. The molecule has 4 heteroatoms. The fourth-order valence-corrected chi connectivity index (χ4v) is 1.90. The van der Waals surface area contributed by atoms with E-state index in [9.17, 15) is 9.50 Å². The predicted octanol–water partition coefficient (Wildman–Crippen LogP) is 3.91. The smallest absolute Gasteiger partial charge is 0.137 e. The largest absolute Gasteiger partial charge is 0.508 e. The molecule has 0 radical (unpaired) electrons. The molecule has 0 aromatic heterocycles. The van der Waals surface area contributed by atoms with Gasteiger partial charge in [-0.2, -0.15) is 0 Å². The number of phenols is 1. The summed E-state index contributed by atoms with van der Waals surface area (Å²) >= 11 is 3.14. The molecule has 0 fully saturated rings. The topological polar surface area (TPSA) is 32.3 Å². The molecule has 0 amide bonds. The van der Waals surface area contributed by atoms with Gasteiger partial charge in [0.25, 0.3) is 0 Å². The minimum Gasteiger partial charge on any atom is -0.508 e. The van der Waals surface area contributed by atoms with Crippen molar-refractivity contribution in [2.24, 2.45) is 0 Å². The van der Waals surface area contributed by atoms with Gasteiger partial charge < -0.3 is 10.4 Å². The zero-order chi connectivity index (χ0) is 12.3. The van der Waals surface area contributed by atoms with Crippen molar-refractivity contribution in [2.75, 3.05) is 5.32 Å². The zero-order valence-corrected chi connectivity index (χ0v) is 10.5. The molecule has 0 atom stereocenters. The fourth-order valence-electron chi connectivity index (χ4n) is 1.47. The van der Waals surface area contributed by atoms with Gasteiger partial charge in [0, 0.05) is 18.3 Å². The second-order valence-corrected chi connectivity index (χ2v) is 4.51. The van der Waals surface area contributed by atoms with Crippen LogP contribution in [0.4, 0.5) is 10.1 Å². The molecule has 0 saturated heterocycles. The number of benzene rings is 2. The third-order valence-corrected chi connectivity index (χ3v) is 2.93. The van der Waals surface area contributed by atoms with E-state index in [4.69, 9.17) is 0 Å². The highest BCUT2D eigenvalue weighted by atomic mass is 79.9. The van der Waals surface area contributed by atoms with Crippen molar-refractivity contribution in [3.05, 3.63) is 58.3 Å². The number of aromatic hydroxyl groups is 1. The van der Waals surface area contributed by atoms with Crippen LogP contribution in [0, 0.1) is 5.82 Å². The molecule has 0 heterocycles. The number of hydrogen-bond donors (Lipinski definition) is 2. The summed E-state index contributed by atoms with van der Waals surface area (Å²) in [7, 11) is 0. The molecule has 0 spiro atoms. The summed E-state index contributed by atoms with van der Waals surface area (Å²) in [5, 5.41) is 12.4. The van der Waals surface area contributed by atoms with Crippen LogP contribution in [0.5, 0.6) is 5.75 Å². The van der Waals surface area contributed by atoms with Gasteiger partial charge in [0.2, 0.25) is 0 Å². The number of halogens is 2. The van der Waals surface area contributed by atoms with Gasteiger partial charge in [-0.3, -0.25) is 0 Å². The van der Waals surface area contributed by atoms with Crippen LogP contribution in [0.3, 0.4) is 0 Å². The molecule has 2 rings (SSSR count). The second kappa shape index (κ2) is 5.19. The van der Waals surface area contributed by atoms with Crippen LogP contribution in [0.15, 0.2) is 46.9 Å². The highest BCUT2D eigenvalue weighted by molar-refractivity contribution is 9.10. The number of anilines is 1. The standard InChI is InChI=1S/C13H11BrFNO/c14-12-6-9(4-5-13(12)15)8-16-10-2-1-3-11(17)7-10/h1-7,16-17H,8H2. The third kappa shape index (κ3) is 3.20. The Morgan fingerprint density at radius 3 is 2.71 bits per heavy atom. The van der Waals surface area contributed by atoms with E-state index in [0.29, 0.717) is 11.0 Å². The van der Waals surface area contributed by atoms with Gasteiger partial charge in [0.05, 0.1) is 4.47 Å². The monoisotopic (exact) mass is 295 g/mol. The van der Waals surface area contributed by atoms with E-state index in [0.717, 1.165) is 11.3 Å². The van der Waals surface area contributed by atoms with Crippen molar-refractivity contribution in [3.63, 3.8) is 0 Å². The fraction of sp³-hybridized carbons (Fsp3) is 0.0769. The van der Waals surface area contributed by atoms with E-state index < -0.39 is 0 Å². The van der Waals surface area contributed by atoms with Crippen LogP contribution in [-0.2, 0) is 6.54 Å². The van der Waals surface area contributed by atoms with Crippen LogP contribution < -0.4 is 5.32 Å². The van der Waals surface area contributed by atoms with Crippen molar-refractivity contribution in [3.8, 4) is 5.75 Å². The van der Waals surface area contributed by atoms with Gasteiger partial charge in [-0.15, -0.1) is 0 Å². The van der Waals surface area contributed by atoms with E-state index in [2.05, 4.69) is 21.2 Å². The summed E-state index contributed by atoms with van der Waals surface area (Å²) in [6.07, 6.45) is 0. The summed E-state index contributed by atoms with van der Waals surface area (Å²) in [6.45, 7) is 0.572. The van der Waals surface area contributed by atoms with E-state index in [1.165, 1.54) is 6.07 Å². The van der Waals surface area contributed by atoms with Crippen molar-refractivity contribution < 1.29 is 9.50 Å². The van der Waals surface area contributed by atoms with E-state index in [1.807, 2.05) is 6.07 Å². The predicted molar refractivity (Wildman–Crippen MR) is 69.5 cm³/mol. The van der Waals surface area contributed by atoms with Crippen molar-refractivity contribution in [2.45, 2.75) is 6.54 Å². The Labute approximate surface area is 107 Å². The van der Waals surface area contributed by atoms with Gasteiger partial charge >= 0.3 is 0 Å². The normalized spacial score (nSPS) is 10.2. The Morgan fingerprint density at radius 1 is 1.18 bits per heavy atom. The summed E-state index contributed by atoms with van der Waals surface area (Å²) in [5.41, 5.74) is 1.78. The minimum absolute atomic E-state index is 0.218. The SMILES string of the molecule is Oc1cccc(NCc2ccc(F)c(Br)c2)c1. The molecule has 17 heavy (non-hydrogen) atoms. The Hall–Kier alpha value is -1.55. The maximum Gasteiger partial charge on any atom is 0.137 e. The van der Waals surface area contributed by atoms with Crippen molar-refractivity contribution in [1.29, 1.82) is 0 Å².